The van der Waals surface area contributed by atoms with Crippen LogP contribution in [0, 0.1) is 11.3 Å². The number of rotatable bonds is 4. The number of thiophene rings is 1. The zero-order valence-electron chi connectivity index (χ0n) is 7.88. The zero-order valence-corrected chi connectivity index (χ0v) is 10.3. The summed E-state index contributed by atoms with van der Waals surface area (Å²) < 4.78 is 0.932. The Bertz CT molecular complexity index is 364. The van der Waals surface area contributed by atoms with Crippen LogP contribution in [-0.4, -0.2) is 6.54 Å². The third kappa shape index (κ3) is 3.26. The van der Waals surface area contributed by atoms with Crippen LogP contribution < -0.4 is 5.32 Å². The third-order valence-electron chi connectivity index (χ3n) is 1.76. The van der Waals surface area contributed by atoms with Crippen LogP contribution in [-0.2, 0) is 0 Å². The highest BCUT2D eigenvalue weighted by Crippen LogP contribution is 2.22. The van der Waals surface area contributed by atoms with Gasteiger partial charge in [0.1, 0.15) is 10.9 Å². The second-order valence-corrected chi connectivity index (χ2v) is 5.17. The molecule has 1 N–H and O–H groups in total. The van der Waals surface area contributed by atoms with Crippen LogP contribution in [0.25, 0.3) is 0 Å². The van der Waals surface area contributed by atoms with Crippen molar-refractivity contribution in [2.24, 2.45) is 0 Å². The highest BCUT2D eigenvalue weighted by molar-refractivity contribution is 9.11. The minimum Gasteiger partial charge on any atom is -0.305 e. The summed E-state index contributed by atoms with van der Waals surface area (Å²) >= 11 is 4.81. The molecule has 0 amide bonds. The van der Waals surface area contributed by atoms with E-state index in [0.717, 1.165) is 15.9 Å². The van der Waals surface area contributed by atoms with Crippen LogP contribution in [0.3, 0.4) is 0 Å². The third-order valence-corrected chi connectivity index (χ3v) is 3.22. The second kappa shape index (κ2) is 5.30. The number of nitrogens with zero attached hydrogens (tertiary/aromatic N) is 1. The Labute approximate surface area is 96.4 Å². The summed E-state index contributed by atoms with van der Waals surface area (Å²) in [6, 6.07) is 6.22. The van der Waals surface area contributed by atoms with Crippen molar-refractivity contribution >= 4 is 27.3 Å². The Kier molecular flexibility index (Phi) is 4.33. The average Bonchev–Trinajstić information content (AvgIpc) is 2.62. The molecule has 0 aliphatic heterocycles. The molecule has 14 heavy (non-hydrogen) atoms. The molecule has 2 nitrogen and oxygen atoms in total. The van der Waals surface area contributed by atoms with Crippen LogP contribution in [0.2, 0.25) is 0 Å². The van der Waals surface area contributed by atoms with Crippen LogP contribution in [0.1, 0.15) is 22.7 Å². The number of halogens is 1. The van der Waals surface area contributed by atoms with Gasteiger partial charge in [0.25, 0.3) is 0 Å². The van der Waals surface area contributed by atoms with Crippen molar-refractivity contribution < 1.29 is 0 Å². The molecule has 0 aliphatic rings. The summed E-state index contributed by atoms with van der Waals surface area (Å²) in [4.78, 5) is 1.93. The molecule has 0 fully saturated rings. The van der Waals surface area contributed by atoms with Gasteiger partial charge in [0.15, 0.2) is 0 Å². The summed E-state index contributed by atoms with van der Waals surface area (Å²) in [6.07, 6.45) is 0. The van der Waals surface area contributed by atoms with Gasteiger partial charge in [-0.25, -0.2) is 0 Å². The van der Waals surface area contributed by atoms with E-state index >= 15 is 0 Å². The first-order valence-corrected chi connectivity index (χ1v) is 5.81. The lowest BCUT2D eigenvalue weighted by Crippen LogP contribution is -2.18. The Morgan fingerprint density at radius 3 is 3.00 bits per heavy atom. The molecule has 1 aromatic rings. The SMILES string of the molecule is C=C(Br)CNC(C)c1ccc(C#N)s1. The first-order valence-electron chi connectivity index (χ1n) is 4.20. The lowest BCUT2D eigenvalue weighted by Gasteiger charge is -2.10. The Morgan fingerprint density at radius 2 is 2.50 bits per heavy atom. The molecular weight excluding hydrogens is 260 g/mol. The topological polar surface area (TPSA) is 35.8 Å². The van der Waals surface area contributed by atoms with Gasteiger partial charge in [-0.2, -0.15) is 5.26 Å². The Hall–Kier alpha value is -0.630. The van der Waals surface area contributed by atoms with Gasteiger partial charge < -0.3 is 5.32 Å². The van der Waals surface area contributed by atoms with Gasteiger partial charge in [0.05, 0.1) is 0 Å². The molecular formula is C10H11BrN2S. The number of nitrogens with one attached hydrogen (secondary N) is 1. The summed E-state index contributed by atoms with van der Waals surface area (Å²) in [6.45, 7) is 6.56. The lowest BCUT2D eigenvalue weighted by molar-refractivity contribution is 0.626. The van der Waals surface area contributed by atoms with Crippen molar-refractivity contribution in [3.05, 3.63) is 32.9 Å². The lowest BCUT2D eigenvalue weighted by atomic mass is 10.3. The standard InChI is InChI=1S/C10H11BrN2S/c1-7(11)6-13-8(2)10-4-3-9(5-12)14-10/h3-4,8,13H,1,6H2,2H3. The van der Waals surface area contributed by atoms with Gasteiger partial charge >= 0.3 is 0 Å². The van der Waals surface area contributed by atoms with E-state index in [2.05, 4.69) is 40.8 Å². The van der Waals surface area contributed by atoms with Gasteiger partial charge in [-0.1, -0.05) is 22.5 Å². The summed E-state index contributed by atoms with van der Waals surface area (Å²) in [5.74, 6) is 0. The van der Waals surface area contributed by atoms with E-state index in [1.165, 1.54) is 16.2 Å². The Balaban J connectivity index is 2.56. The number of nitriles is 1. The van der Waals surface area contributed by atoms with Crippen molar-refractivity contribution in [2.45, 2.75) is 13.0 Å². The van der Waals surface area contributed by atoms with Gasteiger partial charge in [0.2, 0.25) is 0 Å². The summed E-state index contributed by atoms with van der Waals surface area (Å²) in [7, 11) is 0. The molecule has 0 radical (unpaired) electrons. The fraction of sp³-hybridized carbons (Fsp3) is 0.300. The quantitative estimate of drug-likeness (QED) is 0.912. The van der Waals surface area contributed by atoms with Crippen LogP contribution in [0.15, 0.2) is 23.2 Å². The van der Waals surface area contributed by atoms with Crippen molar-refractivity contribution in [1.29, 1.82) is 5.26 Å². The van der Waals surface area contributed by atoms with E-state index in [4.69, 9.17) is 5.26 Å². The van der Waals surface area contributed by atoms with Gasteiger partial charge in [-0.05, 0) is 19.1 Å². The minimum absolute atomic E-state index is 0.261. The van der Waals surface area contributed by atoms with E-state index in [1.807, 2.05) is 12.1 Å². The van der Waals surface area contributed by atoms with E-state index in [9.17, 15) is 0 Å². The van der Waals surface area contributed by atoms with E-state index < -0.39 is 0 Å². The molecule has 74 valence electrons. The van der Waals surface area contributed by atoms with E-state index in [-0.39, 0.29) is 6.04 Å². The number of hydrogen-bond donors (Lipinski definition) is 1. The highest BCUT2D eigenvalue weighted by Gasteiger charge is 2.07. The fourth-order valence-electron chi connectivity index (χ4n) is 1.01. The first kappa shape index (κ1) is 11.4. The van der Waals surface area contributed by atoms with E-state index in [0.29, 0.717) is 0 Å². The molecule has 0 aliphatic carbocycles. The maximum atomic E-state index is 8.67. The predicted molar refractivity (Wildman–Crippen MR) is 63.5 cm³/mol. The molecule has 1 heterocycles. The summed E-state index contributed by atoms with van der Waals surface area (Å²) in [5, 5.41) is 12.0. The molecule has 0 bridgehead atoms. The van der Waals surface area contributed by atoms with Crippen LogP contribution in [0.4, 0.5) is 0 Å². The monoisotopic (exact) mass is 270 g/mol. The van der Waals surface area contributed by atoms with Crippen molar-refractivity contribution in [1.82, 2.24) is 5.32 Å². The maximum Gasteiger partial charge on any atom is 0.110 e. The summed E-state index contributed by atoms with van der Waals surface area (Å²) in [5.41, 5.74) is 0. The zero-order chi connectivity index (χ0) is 10.6. The molecule has 1 rings (SSSR count). The molecule has 4 heteroatoms. The average molecular weight is 271 g/mol. The van der Waals surface area contributed by atoms with Crippen molar-refractivity contribution in [3.63, 3.8) is 0 Å². The van der Waals surface area contributed by atoms with Crippen LogP contribution in [0.5, 0.6) is 0 Å². The molecule has 1 aromatic heterocycles. The molecule has 0 saturated heterocycles. The number of hydrogen-bond acceptors (Lipinski definition) is 3. The predicted octanol–water partition coefficient (Wildman–Crippen LogP) is 3.18. The Morgan fingerprint density at radius 1 is 1.79 bits per heavy atom. The van der Waals surface area contributed by atoms with Gasteiger partial charge in [0, 0.05) is 21.9 Å². The van der Waals surface area contributed by atoms with E-state index in [1.54, 1.807) is 0 Å². The molecule has 0 saturated carbocycles. The molecule has 0 aromatic carbocycles. The first-order chi connectivity index (χ1) is 6.63. The minimum atomic E-state index is 0.261. The largest absolute Gasteiger partial charge is 0.305 e. The second-order valence-electron chi connectivity index (χ2n) is 2.93. The normalized spacial score (nSPS) is 12.1. The maximum absolute atomic E-state index is 8.67. The van der Waals surface area contributed by atoms with Gasteiger partial charge in [-0.15, -0.1) is 11.3 Å². The van der Waals surface area contributed by atoms with Crippen molar-refractivity contribution in [3.8, 4) is 6.07 Å². The van der Waals surface area contributed by atoms with Crippen LogP contribution >= 0.6 is 27.3 Å². The molecule has 1 atom stereocenters. The highest BCUT2D eigenvalue weighted by atomic mass is 79.9. The molecule has 0 spiro atoms. The molecule has 1 unspecified atom stereocenters. The smallest absolute Gasteiger partial charge is 0.110 e. The fourth-order valence-corrected chi connectivity index (χ4v) is 2.00. The van der Waals surface area contributed by atoms with Gasteiger partial charge in [-0.3, -0.25) is 0 Å². The van der Waals surface area contributed by atoms with Crippen molar-refractivity contribution in [2.75, 3.05) is 6.54 Å².